The summed E-state index contributed by atoms with van der Waals surface area (Å²) < 4.78 is 31.3. The lowest BCUT2D eigenvalue weighted by molar-refractivity contribution is -0.143. The van der Waals surface area contributed by atoms with Crippen molar-refractivity contribution in [1.29, 1.82) is 0 Å². The average molecular weight is 333 g/mol. The van der Waals surface area contributed by atoms with E-state index < -0.39 is 23.4 Å². The molecule has 0 atom stereocenters. The minimum atomic E-state index is -0.925. The Morgan fingerprint density at radius 1 is 1.04 bits per heavy atom. The van der Waals surface area contributed by atoms with Crippen molar-refractivity contribution in [3.8, 4) is 0 Å². The lowest BCUT2D eigenvalue weighted by Gasteiger charge is -2.05. The zero-order valence-corrected chi connectivity index (χ0v) is 13.0. The standard InChI is InChI=1S/C18H17F2NO3/c19-14-3-4-15(16(20)12-14)17(22)5-6-18(23)24-11-1-2-13-7-9-21-10-8-13/h3-4,7-10,12H,1-2,5-6,11H2. The van der Waals surface area contributed by atoms with Crippen LogP contribution in [0, 0.1) is 11.6 Å². The summed E-state index contributed by atoms with van der Waals surface area (Å²) in [6, 6.07) is 6.50. The number of esters is 1. The fourth-order valence-electron chi connectivity index (χ4n) is 2.15. The van der Waals surface area contributed by atoms with Gasteiger partial charge in [-0.2, -0.15) is 0 Å². The second-order valence-corrected chi connectivity index (χ2v) is 5.23. The second-order valence-electron chi connectivity index (χ2n) is 5.23. The monoisotopic (exact) mass is 333 g/mol. The Hall–Kier alpha value is -2.63. The van der Waals surface area contributed by atoms with Crippen LogP contribution in [0.25, 0.3) is 0 Å². The molecule has 2 aromatic rings. The number of aryl methyl sites for hydroxylation is 1. The summed E-state index contributed by atoms with van der Waals surface area (Å²) in [6.07, 6.45) is 4.51. The Morgan fingerprint density at radius 3 is 2.50 bits per heavy atom. The molecule has 0 bridgehead atoms. The zero-order chi connectivity index (χ0) is 17.4. The van der Waals surface area contributed by atoms with Crippen LogP contribution < -0.4 is 0 Å². The highest BCUT2D eigenvalue weighted by atomic mass is 19.1. The van der Waals surface area contributed by atoms with Crippen molar-refractivity contribution in [2.45, 2.75) is 25.7 Å². The summed E-state index contributed by atoms with van der Waals surface area (Å²) >= 11 is 0. The first-order valence-electron chi connectivity index (χ1n) is 7.59. The van der Waals surface area contributed by atoms with E-state index in [1.54, 1.807) is 12.4 Å². The maximum absolute atomic E-state index is 13.5. The minimum Gasteiger partial charge on any atom is -0.466 e. The number of rotatable bonds is 8. The molecule has 0 saturated carbocycles. The molecule has 0 fully saturated rings. The lowest BCUT2D eigenvalue weighted by atomic mass is 10.1. The smallest absolute Gasteiger partial charge is 0.306 e. The number of Topliss-reactive ketones (excluding diaryl/α,β-unsaturated/α-hetero) is 1. The van der Waals surface area contributed by atoms with Crippen LogP contribution in [0.3, 0.4) is 0 Å². The van der Waals surface area contributed by atoms with Crippen LogP contribution >= 0.6 is 0 Å². The molecule has 0 saturated heterocycles. The third-order valence-corrected chi connectivity index (χ3v) is 3.41. The number of hydrogen-bond donors (Lipinski definition) is 0. The Kier molecular flexibility index (Phi) is 6.54. The van der Waals surface area contributed by atoms with Crippen LogP contribution in [0.2, 0.25) is 0 Å². The van der Waals surface area contributed by atoms with Crippen molar-refractivity contribution in [3.63, 3.8) is 0 Å². The molecule has 0 aliphatic carbocycles. The van der Waals surface area contributed by atoms with Gasteiger partial charge in [0.2, 0.25) is 0 Å². The predicted octanol–water partition coefficient (Wildman–Crippen LogP) is 3.50. The first kappa shape index (κ1) is 17.7. The Balaban J connectivity index is 1.68. The number of nitrogens with zero attached hydrogens (tertiary/aromatic N) is 1. The van der Waals surface area contributed by atoms with Gasteiger partial charge in [0.25, 0.3) is 0 Å². The van der Waals surface area contributed by atoms with Crippen molar-refractivity contribution in [3.05, 3.63) is 65.5 Å². The van der Waals surface area contributed by atoms with E-state index in [2.05, 4.69) is 4.98 Å². The number of halogens is 2. The van der Waals surface area contributed by atoms with Gasteiger partial charge in [0, 0.05) is 24.9 Å². The molecule has 0 spiro atoms. The van der Waals surface area contributed by atoms with E-state index in [-0.39, 0.29) is 25.0 Å². The van der Waals surface area contributed by atoms with E-state index in [1.807, 2.05) is 12.1 Å². The van der Waals surface area contributed by atoms with Crippen molar-refractivity contribution < 1.29 is 23.1 Å². The van der Waals surface area contributed by atoms with Gasteiger partial charge in [-0.25, -0.2) is 8.78 Å². The number of pyridine rings is 1. The van der Waals surface area contributed by atoms with E-state index in [9.17, 15) is 18.4 Å². The SMILES string of the molecule is O=C(CCC(=O)c1ccc(F)cc1F)OCCCc1ccncc1. The molecule has 0 aliphatic rings. The highest BCUT2D eigenvalue weighted by Crippen LogP contribution is 2.13. The van der Waals surface area contributed by atoms with Crippen molar-refractivity contribution in [2.75, 3.05) is 6.61 Å². The van der Waals surface area contributed by atoms with E-state index in [4.69, 9.17) is 4.74 Å². The van der Waals surface area contributed by atoms with Gasteiger partial charge in [-0.15, -0.1) is 0 Å². The summed E-state index contributed by atoms with van der Waals surface area (Å²) in [5.74, 6) is -2.75. The molecule has 1 heterocycles. The van der Waals surface area contributed by atoms with Gasteiger partial charge in [-0.3, -0.25) is 14.6 Å². The predicted molar refractivity (Wildman–Crippen MR) is 83.4 cm³/mol. The number of ether oxygens (including phenoxy) is 1. The van der Waals surface area contributed by atoms with Gasteiger partial charge >= 0.3 is 5.97 Å². The van der Waals surface area contributed by atoms with Crippen molar-refractivity contribution in [2.24, 2.45) is 0 Å². The van der Waals surface area contributed by atoms with Gasteiger partial charge in [-0.1, -0.05) is 0 Å². The van der Waals surface area contributed by atoms with E-state index in [0.717, 1.165) is 24.1 Å². The third kappa shape index (κ3) is 5.53. The number of ketones is 1. The summed E-state index contributed by atoms with van der Waals surface area (Å²) in [5, 5.41) is 0. The largest absolute Gasteiger partial charge is 0.466 e. The van der Waals surface area contributed by atoms with Gasteiger partial charge in [0.1, 0.15) is 11.6 Å². The van der Waals surface area contributed by atoms with Crippen LogP contribution in [0.4, 0.5) is 8.78 Å². The van der Waals surface area contributed by atoms with E-state index in [0.29, 0.717) is 12.5 Å². The van der Waals surface area contributed by atoms with Gasteiger partial charge in [-0.05, 0) is 42.7 Å². The fourth-order valence-corrected chi connectivity index (χ4v) is 2.15. The summed E-state index contributed by atoms with van der Waals surface area (Å²) in [6.45, 7) is 0.250. The molecule has 0 amide bonds. The molecule has 126 valence electrons. The highest BCUT2D eigenvalue weighted by molar-refractivity contribution is 5.97. The quantitative estimate of drug-likeness (QED) is 0.421. The molecule has 0 unspecified atom stereocenters. The molecule has 2 rings (SSSR count). The first-order chi connectivity index (χ1) is 11.6. The average Bonchev–Trinajstić information content (AvgIpc) is 2.57. The molecule has 1 aromatic heterocycles. The Labute approximate surface area is 138 Å². The van der Waals surface area contributed by atoms with Crippen LogP contribution in [0.15, 0.2) is 42.7 Å². The van der Waals surface area contributed by atoms with Gasteiger partial charge in [0.15, 0.2) is 5.78 Å². The molecule has 6 heteroatoms. The third-order valence-electron chi connectivity index (χ3n) is 3.41. The lowest BCUT2D eigenvalue weighted by Crippen LogP contribution is -2.10. The summed E-state index contributed by atoms with van der Waals surface area (Å²) in [4.78, 5) is 27.3. The number of aromatic nitrogens is 1. The number of benzene rings is 1. The van der Waals surface area contributed by atoms with Gasteiger partial charge in [0.05, 0.1) is 18.6 Å². The molecular formula is C18H17F2NO3. The molecule has 0 N–H and O–H groups in total. The molecule has 1 aromatic carbocycles. The van der Waals surface area contributed by atoms with Crippen molar-refractivity contribution >= 4 is 11.8 Å². The topological polar surface area (TPSA) is 56.3 Å². The molecule has 24 heavy (non-hydrogen) atoms. The van der Waals surface area contributed by atoms with Crippen LogP contribution in [0.5, 0.6) is 0 Å². The van der Waals surface area contributed by atoms with E-state index in [1.165, 1.54) is 0 Å². The van der Waals surface area contributed by atoms with Crippen molar-refractivity contribution in [1.82, 2.24) is 4.98 Å². The second kappa shape index (κ2) is 8.86. The Bertz CT molecular complexity index is 705. The molecule has 0 radical (unpaired) electrons. The normalized spacial score (nSPS) is 10.4. The zero-order valence-electron chi connectivity index (χ0n) is 13.0. The first-order valence-corrected chi connectivity index (χ1v) is 7.59. The number of hydrogen-bond acceptors (Lipinski definition) is 4. The molecular weight excluding hydrogens is 316 g/mol. The molecule has 0 aliphatic heterocycles. The summed E-state index contributed by atoms with van der Waals surface area (Å²) in [5.41, 5.74) is 0.880. The summed E-state index contributed by atoms with van der Waals surface area (Å²) in [7, 11) is 0. The number of carbonyl (C=O) groups excluding carboxylic acids is 2. The fraction of sp³-hybridized carbons (Fsp3) is 0.278. The Morgan fingerprint density at radius 2 is 1.79 bits per heavy atom. The van der Waals surface area contributed by atoms with Crippen LogP contribution in [0.1, 0.15) is 35.2 Å². The maximum Gasteiger partial charge on any atom is 0.306 e. The highest BCUT2D eigenvalue weighted by Gasteiger charge is 2.14. The maximum atomic E-state index is 13.5. The molecule has 4 nitrogen and oxygen atoms in total. The van der Waals surface area contributed by atoms with Gasteiger partial charge < -0.3 is 4.74 Å². The minimum absolute atomic E-state index is 0.134. The number of carbonyl (C=O) groups is 2. The van der Waals surface area contributed by atoms with Crippen LogP contribution in [-0.2, 0) is 16.0 Å². The van der Waals surface area contributed by atoms with Crippen LogP contribution in [-0.4, -0.2) is 23.3 Å². The van der Waals surface area contributed by atoms with E-state index >= 15 is 0 Å².